The summed E-state index contributed by atoms with van der Waals surface area (Å²) < 4.78 is 0. The standard InChI is InChI=1S/C8H13NO3/c1-2-7(10)9-6-3-5(4-6)8(11)12/h5-6H,2-4H2,1H3,(H,9,10)(H,11,12)/t5-,6-. The van der Waals surface area contributed by atoms with Gasteiger partial charge in [0.05, 0.1) is 5.92 Å². The summed E-state index contributed by atoms with van der Waals surface area (Å²) in [6.07, 6.45) is 1.64. The van der Waals surface area contributed by atoms with Crippen LogP contribution < -0.4 is 5.32 Å². The van der Waals surface area contributed by atoms with E-state index in [0.717, 1.165) is 0 Å². The highest BCUT2D eigenvalue weighted by molar-refractivity contribution is 5.77. The summed E-state index contributed by atoms with van der Waals surface area (Å²) in [5.41, 5.74) is 0. The number of hydrogen-bond acceptors (Lipinski definition) is 2. The first-order valence-electron chi connectivity index (χ1n) is 4.15. The first-order chi connectivity index (χ1) is 5.63. The van der Waals surface area contributed by atoms with Crippen LogP contribution in [-0.4, -0.2) is 23.0 Å². The van der Waals surface area contributed by atoms with Gasteiger partial charge in [0.15, 0.2) is 0 Å². The SMILES string of the molecule is CCC(=O)N[C@H]1C[C@H](C(=O)O)C1. The zero-order chi connectivity index (χ0) is 9.14. The Balaban J connectivity index is 2.17. The van der Waals surface area contributed by atoms with Crippen molar-refractivity contribution in [2.45, 2.75) is 32.2 Å². The van der Waals surface area contributed by atoms with Gasteiger partial charge in [-0.3, -0.25) is 9.59 Å². The van der Waals surface area contributed by atoms with Crippen molar-refractivity contribution in [2.75, 3.05) is 0 Å². The third kappa shape index (κ3) is 1.96. The molecule has 0 bridgehead atoms. The van der Waals surface area contributed by atoms with Crippen molar-refractivity contribution in [3.05, 3.63) is 0 Å². The lowest BCUT2D eigenvalue weighted by Crippen LogP contribution is -2.46. The van der Waals surface area contributed by atoms with Gasteiger partial charge < -0.3 is 10.4 Å². The van der Waals surface area contributed by atoms with E-state index in [1.807, 2.05) is 0 Å². The van der Waals surface area contributed by atoms with E-state index in [9.17, 15) is 9.59 Å². The third-order valence-corrected chi connectivity index (χ3v) is 2.17. The molecule has 0 heterocycles. The first kappa shape index (κ1) is 9.03. The maximum absolute atomic E-state index is 10.8. The highest BCUT2D eigenvalue weighted by atomic mass is 16.4. The van der Waals surface area contributed by atoms with E-state index in [-0.39, 0.29) is 17.9 Å². The van der Waals surface area contributed by atoms with E-state index < -0.39 is 5.97 Å². The Hall–Kier alpha value is -1.06. The van der Waals surface area contributed by atoms with E-state index in [2.05, 4.69) is 5.32 Å². The summed E-state index contributed by atoms with van der Waals surface area (Å²) in [7, 11) is 0. The van der Waals surface area contributed by atoms with Crippen LogP contribution in [0.15, 0.2) is 0 Å². The lowest BCUT2D eigenvalue weighted by Gasteiger charge is -2.32. The van der Waals surface area contributed by atoms with Crippen LogP contribution in [0.1, 0.15) is 26.2 Å². The molecule has 4 heteroatoms. The van der Waals surface area contributed by atoms with Gasteiger partial charge in [-0.25, -0.2) is 0 Å². The molecule has 0 aromatic heterocycles. The molecular formula is C8H13NO3. The number of aliphatic carboxylic acids is 1. The summed E-state index contributed by atoms with van der Waals surface area (Å²) in [4.78, 5) is 21.2. The highest BCUT2D eigenvalue weighted by Crippen LogP contribution is 2.27. The van der Waals surface area contributed by atoms with Gasteiger partial charge in [0, 0.05) is 12.5 Å². The van der Waals surface area contributed by atoms with Gasteiger partial charge in [0.1, 0.15) is 0 Å². The molecule has 1 aliphatic carbocycles. The lowest BCUT2D eigenvalue weighted by atomic mass is 9.80. The average Bonchev–Trinajstić information content (AvgIpc) is 1.94. The molecule has 0 atom stereocenters. The number of rotatable bonds is 3. The molecule has 1 fully saturated rings. The number of carbonyl (C=O) groups excluding carboxylic acids is 1. The van der Waals surface area contributed by atoms with Crippen LogP contribution in [0.25, 0.3) is 0 Å². The van der Waals surface area contributed by atoms with Gasteiger partial charge in [-0.2, -0.15) is 0 Å². The van der Waals surface area contributed by atoms with Gasteiger partial charge in [-0.15, -0.1) is 0 Å². The van der Waals surface area contributed by atoms with Crippen LogP contribution in [-0.2, 0) is 9.59 Å². The van der Waals surface area contributed by atoms with Gasteiger partial charge in [-0.1, -0.05) is 6.92 Å². The predicted octanol–water partition coefficient (Wildman–Crippen LogP) is 0.376. The fourth-order valence-corrected chi connectivity index (χ4v) is 1.27. The van der Waals surface area contributed by atoms with Crippen molar-refractivity contribution < 1.29 is 14.7 Å². The van der Waals surface area contributed by atoms with E-state index >= 15 is 0 Å². The van der Waals surface area contributed by atoms with Crippen LogP contribution >= 0.6 is 0 Å². The summed E-state index contributed by atoms with van der Waals surface area (Å²) in [6, 6.07) is 0.0959. The molecule has 0 aliphatic heterocycles. The summed E-state index contributed by atoms with van der Waals surface area (Å²) in [6.45, 7) is 1.78. The molecule has 1 amide bonds. The second-order valence-electron chi connectivity index (χ2n) is 3.12. The number of amides is 1. The maximum Gasteiger partial charge on any atom is 0.306 e. The van der Waals surface area contributed by atoms with E-state index in [4.69, 9.17) is 5.11 Å². The normalized spacial score (nSPS) is 27.4. The maximum atomic E-state index is 10.8. The number of carboxylic acids is 1. The Bertz CT molecular complexity index is 196. The van der Waals surface area contributed by atoms with Crippen molar-refractivity contribution in [3.8, 4) is 0 Å². The molecule has 0 spiro atoms. The van der Waals surface area contributed by atoms with Crippen molar-refractivity contribution in [3.63, 3.8) is 0 Å². The number of hydrogen-bond donors (Lipinski definition) is 2. The molecule has 0 radical (unpaired) electrons. The lowest BCUT2D eigenvalue weighted by molar-refractivity contribution is -0.146. The fraction of sp³-hybridized carbons (Fsp3) is 0.750. The summed E-state index contributed by atoms with van der Waals surface area (Å²) >= 11 is 0. The fourth-order valence-electron chi connectivity index (χ4n) is 1.27. The van der Waals surface area contributed by atoms with E-state index in [1.54, 1.807) is 6.92 Å². The molecule has 2 N–H and O–H groups in total. The molecule has 1 saturated carbocycles. The summed E-state index contributed by atoms with van der Waals surface area (Å²) in [5, 5.41) is 11.3. The quantitative estimate of drug-likeness (QED) is 0.645. The molecular weight excluding hydrogens is 158 g/mol. The van der Waals surface area contributed by atoms with Crippen molar-refractivity contribution in [1.29, 1.82) is 0 Å². The molecule has 1 aliphatic rings. The second-order valence-corrected chi connectivity index (χ2v) is 3.12. The van der Waals surface area contributed by atoms with Crippen molar-refractivity contribution >= 4 is 11.9 Å². The van der Waals surface area contributed by atoms with E-state index in [0.29, 0.717) is 19.3 Å². The van der Waals surface area contributed by atoms with Crippen molar-refractivity contribution in [1.82, 2.24) is 5.32 Å². The molecule has 68 valence electrons. The molecule has 1 rings (SSSR count). The Kier molecular flexibility index (Phi) is 2.68. The van der Waals surface area contributed by atoms with E-state index in [1.165, 1.54) is 0 Å². The van der Waals surface area contributed by atoms with Crippen LogP contribution in [0.3, 0.4) is 0 Å². The average molecular weight is 171 g/mol. The second kappa shape index (κ2) is 3.56. The molecule has 0 unspecified atom stereocenters. The highest BCUT2D eigenvalue weighted by Gasteiger charge is 2.34. The molecule has 0 aromatic rings. The monoisotopic (exact) mass is 171 g/mol. The minimum atomic E-state index is -0.753. The zero-order valence-corrected chi connectivity index (χ0v) is 7.04. The first-order valence-corrected chi connectivity index (χ1v) is 4.15. The molecule has 4 nitrogen and oxygen atoms in total. The third-order valence-electron chi connectivity index (χ3n) is 2.17. The van der Waals surface area contributed by atoms with Crippen LogP contribution in [0, 0.1) is 5.92 Å². The van der Waals surface area contributed by atoms with Gasteiger partial charge in [0.25, 0.3) is 0 Å². The van der Waals surface area contributed by atoms with Crippen LogP contribution in [0.2, 0.25) is 0 Å². The Morgan fingerprint density at radius 3 is 2.50 bits per heavy atom. The number of carboxylic acid groups (broad SMARTS) is 1. The predicted molar refractivity (Wildman–Crippen MR) is 42.6 cm³/mol. The smallest absolute Gasteiger partial charge is 0.306 e. The Labute approximate surface area is 71.0 Å². The largest absolute Gasteiger partial charge is 0.481 e. The topological polar surface area (TPSA) is 66.4 Å². The Morgan fingerprint density at radius 2 is 2.08 bits per heavy atom. The number of nitrogens with one attached hydrogen (secondary N) is 1. The molecule has 0 saturated heterocycles. The minimum absolute atomic E-state index is 0.00355. The van der Waals surface area contributed by atoms with Crippen molar-refractivity contribution in [2.24, 2.45) is 5.92 Å². The molecule has 12 heavy (non-hydrogen) atoms. The van der Waals surface area contributed by atoms with Gasteiger partial charge >= 0.3 is 5.97 Å². The van der Waals surface area contributed by atoms with Gasteiger partial charge in [0.2, 0.25) is 5.91 Å². The van der Waals surface area contributed by atoms with Crippen LogP contribution in [0.4, 0.5) is 0 Å². The molecule has 0 aromatic carbocycles. The van der Waals surface area contributed by atoms with Crippen LogP contribution in [0.5, 0.6) is 0 Å². The van der Waals surface area contributed by atoms with Gasteiger partial charge in [-0.05, 0) is 12.8 Å². The minimum Gasteiger partial charge on any atom is -0.481 e. The summed E-state index contributed by atoms with van der Waals surface area (Å²) in [5.74, 6) is -0.993. The Morgan fingerprint density at radius 1 is 1.50 bits per heavy atom. The zero-order valence-electron chi connectivity index (χ0n) is 7.04. The number of carbonyl (C=O) groups is 2.